The lowest BCUT2D eigenvalue weighted by molar-refractivity contribution is -0.839. The van der Waals surface area contributed by atoms with Crippen LogP contribution in [0.3, 0.4) is 0 Å². The van der Waals surface area contributed by atoms with Crippen LogP contribution < -0.4 is 4.72 Å². The number of benzene rings is 2. The molecule has 0 amide bonds. The summed E-state index contributed by atoms with van der Waals surface area (Å²) in [6.45, 7) is 0.104. The van der Waals surface area contributed by atoms with Crippen molar-refractivity contribution in [3.8, 4) is 0 Å². The van der Waals surface area contributed by atoms with E-state index in [0.29, 0.717) is 11.0 Å². The Hall–Kier alpha value is -2.11. The van der Waals surface area contributed by atoms with E-state index in [1.807, 2.05) is 0 Å². The molecule has 0 saturated heterocycles. The summed E-state index contributed by atoms with van der Waals surface area (Å²) >= 11 is 5.97. The van der Waals surface area contributed by atoms with E-state index in [4.69, 9.17) is 16.0 Å². The number of furan rings is 1. The Morgan fingerprint density at radius 3 is 2.43 bits per heavy atom. The highest BCUT2D eigenvalue weighted by Crippen LogP contribution is 2.30. The Labute approximate surface area is 180 Å². The molecule has 3 rings (SSSR count). The predicted octanol–water partition coefficient (Wildman–Crippen LogP) is 3.63. The van der Waals surface area contributed by atoms with Gasteiger partial charge in [0.25, 0.3) is 10.0 Å². The quantitative estimate of drug-likeness (QED) is 0.395. The first-order valence-corrected chi connectivity index (χ1v) is 12.5. The van der Waals surface area contributed by atoms with E-state index in [0.717, 1.165) is 0 Å². The smallest absolute Gasteiger partial charge is 0.295 e. The van der Waals surface area contributed by atoms with Crippen LogP contribution in [0.1, 0.15) is 6.42 Å². The van der Waals surface area contributed by atoms with Crippen molar-refractivity contribution in [2.45, 2.75) is 16.4 Å². The molecule has 1 N–H and O–H groups in total. The molecule has 3 aromatic rings. The number of para-hydroxylation sites is 1. The van der Waals surface area contributed by atoms with Crippen molar-refractivity contribution >= 4 is 48.1 Å². The van der Waals surface area contributed by atoms with Gasteiger partial charge in [0, 0.05) is 22.9 Å². The van der Waals surface area contributed by atoms with Crippen molar-refractivity contribution in [1.82, 2.24) is 0 Å². The molecule has 0 spiro atoms. The van der Waals surface area contributed by atoms with Crippen LogP contribution in [-0.4, -0.2) is 47.9 Å². The van der Waals surface area contributed by atoms with Crippen LogP contribution in [0.5, 0.6) is 0 Å². The van der Waals surface area contributed by atoms with Gasteiger partial charge in [-0.2, -0.15) is 8.42 Å². The summed E-state index contributed by atoms with van der Waals surface area (Å²) < 4.78 is 58.3. The second-order valence-corrected chi connectivity index (χ2v) is 11.4. The number of rotatable bonds is 8. The number of hydrogen-bond acceptors (Lipinski definition) is 6. The van der Waals surface area contributed by atoms with Crippen LogP contribution in [-0.2, 0) is 19.9 Å². The molecule has 1 heterocycles. The van der Waals surface area contributed by atoms with E-state index in [9.17, 15) is 22.0 Å². The van der Waals surface area contributed by atoms with Gasteiger partial charge < -0.3 is 14.3 Å². The monoisotopic (exact) mass is 472 g/mol. The number of sulfonamides is 1. The minimum Gasteiger partial charge on any atom is -0.633 e. The summed E-state index contributed by atoms with van der Waals surface area (Å²) in [5.41, 5.74) is 0.203. The minimum atomic E-state index is -4.21. The van der Waals surface area contributed by atoms with Crippen molar-refractivity contribution in [3.63, 3.8) is 0 Å². The van der Waals surface area contributed by atoms with Gasteiger partial charge >= 0.3 is 0 Å². The molecule has 8 nitrogen and oxygen atoms in total. The minimum absolute atomic E-state index is 0.104. The van der Waals surface area contributed by atoms with E-state index in [1.54, 1.807) is 24.3 Å². The van der Waals surface area contributed by atoms with Crippen LogP contribution in [0.2, 0.25) is 5.02 Å². The topological polar surface area (TPSA) is 117 Å². The van der Waals surface area contributed by atoms with Gasteiger partial charge in [-0.15, -0.1) is 0 Å². The van der Waals surface area contributed by atoms with Gasteiger partial charge in [-0.3, -0.25) is 4.72 Å². The molecule has 0 atom stereocenters. The molecule has 0 aliphatic heterocycles. The normalized spacial score (nSPS) is 12.9. The average Bonchev–Trinajstić information content (AvgIpc) is 3.05. The van der Waals surface area contributed by atoms with Crippen LogP contribution in [0.15, 0.2) is 62.9 Å². The van der Waals surface area contributed by atoms with Gasteiger partial charge in [0.05, 0.1) is 37.0 Å². The van der Waals surface area contributed by atoms with Crippen LogP contribution in [0.25, 0.3) is 11.0 Å². The third-order valence-corrected chi connectivity index (χ3v) is 7.61. The molecule has 0 aliphatic carbocycles. The Kier molecular flexibility index (Phi) is 6.17. The number of halogens is 1. The maximum Gasteiger partial charge on any atom is 0.295 e. The van der Waals surface area contributed by atoms with Crippen LogP contribution in [0.4, 0.5) is 5.69 Å². The van der Waals surface area contributed by atoms with E-state index in [1.165, 1.54) is 38.4 Å². The molecule has 0 aliphatic rings. The molecular weight excluding hydrogens is 452 g/mol. The summed E-state index contributed by atoms with van der Waals surface area (Å²) in [5.74, 6) is -0.308. The second-order valence-electron chi connectivity index (χ2n) is 7.32. The molecular formula is C19H21ClN2O6S2. The van der Waals surface area contributed by atoms with E-state index in [-0.39, 0.29) is 39.4 Å². The number of quaternary nitrogens is 1. The zero-order valence-electron chi connectivity index (χ0n) is 16.3. The highest BCUT2D eigenvalue weighted by Gasteiger charge is 2.25. The molecule has 1 aromatic heterocycles. The fourth-order valence-electron chi connectivity index (χ4n) is 2.88. The lowest BCUT2D eigenvalue weighted by Crippen LogP contribution is -2.34. The van der Waals surface area contributed by atoms with E-state index < -0.39 is 24.5 Å². The van der Waals surface area contributed by atoms with Crippen molar-refractivity contribution in [2.24, 2.45) is 0 Å². The van der Waals surface area contributed by atoms with Gasteiger partial charge in [0.1, 0.15) is 5.58 Å². The largest absolute Gasteiger partial charge is 0.633 e. The number of sulfone groups is 1. The predicted molar refractivity (Wildman–Crippen MR) is 115 cm³/mol. The number of anilines is 1. The molecule has 2 aromatic carbocycles. The highest BCUT2D eigenvalue weighted by molar-refractivity contribution is 7.93. The van der Waals surface area contributed by atoms with Crippen LogP contribution in [0, 0.1) is 5.21 Å². The van der Waals surface area contributed by atoms with E-state index >= 15 is 0 Å². The molecule has 30 heavy (non-hydrogen) atoms. The standard InChI is InChI=1S/C19H21ClN2O6S2/c1-22(2,23)10-5-11-29(24,25)18-9-8-15(20)13-16(18)21-30(26,27)19-12-14-6-3-4-7-17(14)28-19/h3-4,6-9,12-13,21H,5,10-11H2,1-2H3. The third kappa shape index (κ3) is 5.32. The van der Waals surface area contributed by atoms with Gasteiger partial charge in [-0.25, -0.2) is 8.42 Å². The Balaban J connectivity index is 1.93. The SMILES string of the molecule is C[N+](C)([O-])CCCS(=O)(=O)c1ccc(Cl)cc1NS(=O)(=O)c1cc2ccccc2o1. The van der Waals surface area contributed by atoms with Crippen LogP contribution >= 0.6 is 11.6 Å². The third-order valence-electron chi connectivity index (χ3n) is 4.30. The number of hydroxylamine groups is 3. The van der Waals surface area contributed by atoms with Crippen molar-refractivity contribution in [2.75, 3.05) is 31.1 Å². The van der Waals surface area contributed by atoms with Crippen molar-refractivity contribution < 1.29 is 25.9 Å². The Morgan fingerprint density at radius 1 is 1.07 bits per heavy atom. The fourth-order valence-corrected chi connectivity index (χ4v) is 5.61. The summed E-state index contributed by atoms with van der Waals surface area (Å²) in [6, 6.07) is 12.0. The number of nitrogens with zero attached hydrogens (tertiary/aromatic N) is 1. The van der Waals surface area contributed by atoms with Crippen molar-refractivity contribution in [3.05, 3.63) is 58.8 Å². The molecule has 0 fully saturated rings. The number of fused-ring (bicyclic) bond motifs is 1. The molecule has 162 valence electrons. The lowest BCUT2D eigenvalue weighted by Gasteiger charge is -2.33. The average molecular weight is 473 g/mol. The first-order chi connectivity index (χ1) is 13.9. The maximum atomic E-state index is 12.8. The molecule has 0 saturated carbocycles. The highest BCUT2D eigenvalue weighted by atomic mass is 35.5. The Bertz CT molecular complexity index is 1240. The fraction of sp³-hybridized carbons (Fsp3) is 0.263. The van der Waals surface area contributed by atoms with Crippen molar-refractivity contribution in [1.29, 1.82) is 0 Å². The van der Waals surface area contributed by atoms with E-state index in [2.05, 4.69) is 4.72 Å². The number of nitrogens with one attached hydrogen (secondary N) is 1. The maximum absolute atomic E-state index is 12.8. The molecule has 11 heteroatoms. The molecule has 0 unspecified atom stereocenters. The van der Waals surface area contributed by atoms with Gasteiger partial charge in [-0.05, 0) is 24.3 Å². The first kappa shape index (κ1) is 22.6. The molecule has 0 bridgehead atoms. The number of hydrogen-bond donors (Lipinski definition) is 1. The lowest BCUT2D eigenvalue weighted by atomic mass is 10.3. The zero-order chi connectivity index (χ0) is 22.2. The Morgan fingerprint density at radius 2 is 1.77 bits per heavy atom. The summed E-state index contributed by atoms with van der Waals surface area (Å²) in [4.78, 5) is -0.220. The first-order valence-electron chi connectivity index (χ1n) is 8.95. The summed E-state index contributed by atoms with van der Waals surface area (Å²) in [5, 5.41) is 12.1. The second kappa shape index (κ2) is 8.20. The summed E-state index contributed by atoms with van der Waals surface area (Å²) in [7, 11) is -5.25. The van der Waals surface area contributed by atoms with Gasteiger partial charge in [0.2, 0.25) is 5.09 Å². The van der Waals surface area contributed by atoms with Gasteiger partial charge in [-0.1, -0.05) is 29.8 Å². The van der Waals surface area contributed by atoms with Gasteiger partial charge in [0.15, 0.2) is 9.84 Å². The zero-order valence-corrected chi connectivity index (χ0v) is 18.7. The molecule has 0 radical (unpaired) electrons. The summed E-state index contributed by atoms with van der Waals surface area (Å²) in [6.07, 6.45) is 0.122.